The highest BCUT2D eigenvalue weighted by molar-refractivity contribution is 5.83. The first-order valence-electron chi connectivity index (χ1n) is 14.9. The van der Waals surface area contributed by atoms with Gasteiger partial charge in [-0.25, -0.2) is 0 Å². The standard InChI is InChI=1S/C33H42O.C2H6/c1-22(2)33(34)28-15-11-24(12-16-28)17-25-18-30-20-29(26-13-9-23(3)10-14-26)21-32(31(30)19-25)27-7-5-4-6-8-27;1-2/h9-10,13-14,18-22,24,27-28,30H,4-8,11-12,15-17H2,1-3H3;1-2H3. The van der Waals surface area contributed by atoms with Crippen LogP contribution in [0.15, 0.2) is 65.3 Å². The van der Waals surface area contributed by atoms with E-state index >= 15 is 0 Å². The fraction of sp³-hybridized carbons (Fsp3) is 0.571. The highest BCUT2D eigenvalue weighted by Crippen LogP contribution is 2.46. The van der Waals surface area contributed by atoms with Crippen LogP contribution in [0.4, 0.5) is 0 Å². The molecule has 36 heavy (non-hydrogen) atoms. The van der Waals surface area contributed by atoms with Crippen LogP contribution in [-0.2, 0) is 4.79 Å². The van der Waals surface area contributed by atoms with Gasteiger partial charge in [-0.2, -0.15) is 0 Å². The van der Waals surface area contributed by atoms with Gasteiger partial charge in [0.2, 0.25) is 0 Å². The van der Waals surface area contributed by atoms with Gasteiger partial charge in [-0.3, -0.25) is 4.79 Å². The minimum Gasteiger partial charge on any atom is -0.299 e. The molecule has 1 atom stereocenters. The zero-order valence-corrected chi connectivity index (χ0v) is 23.5. The zero-order valence-electron chi connectivity index (χ0n) is 23.5. The van der Waals surface area contributed by atoms with E-state index in [2.05, 4.69) is 69.3 Å². The van der Waals surface area contributed by atoms with Gasteiger partial charge >= 0.3 is 0 Å². The number of hydrogen-bond donors (Lipinski definition) is 0. The normalized spacial score (nSPS) is 26.2. The Labute approximate surface area is 220 Å². The van der Waals surface area contributed by atoms with Gasteiger partial charge in [0, 0.05) is 17.8 Å². The van der Waals surface area contributed by atoms with Crippen molar-refractivity contribution in [2.24, 2.45) is 29.6 Å². The van der Waals surface area contributed by atoms with Gasteiger partial charge in [0.1, 0.15) is 5.78 Å². The maximum absolute atomic E-state index is 12.4. The zero-order chi connectivity index (χ0) is 25.7. The molecule has 0 aromatic heterocycles. The molecule has 1 aromatic carbocycles. The van der Waals surface area contributed by atoms with Crippen molar-refractivity contribution in [3.8, 4) is 0 Å². The van der Waals surface area contributed by atoms with E-state index in [1.807, 2.05) is 13.8 Å². The molecular formula is C35H48O. The number of rotatable bonds is 6. The summed E-state index contributed by atoms with van der Waals surface area (Å²) in [5, 5.41) is 0. The molecule has 1 unspecified atom stereocenters. The Balaban J connectivity index is 0.00000148. The summed E-state index contributed by atoms with van der Waals surface area (Å²) in [5.74, 6) is 2.89. The van der Waals surface area contributed by atoms with Crippen molar-refractivity contribution < 1.29 is 4.79 Å². The van der Waals surface area contributed by atoms with Crippen molar-refractivity contribution >= 4 is 11.4 Å². The van der Waals surface area contributed by atoms with Crippen LogP contribution in [0, 0.1) is 36.5 Å². The molecule has 0 radical (unpaired) electrons. The van der Waals surface area contributed by atoms with E-state index in [0.29, 0.717) is 17.6 Å². The van der Waals surface area contributed by atoms with Crippen LogP contribution in [0.2, 0.25) is 0 Å². The monoisotopic (exact) mass is 484 g/mol. The van der Waals surface area contributed by atoms with Gasteiger partial charge in [0.15, 0.2) is 0 Å². The minimum atomic E-state index is 0.187. The molecule has 0 amide bonds. The predicted octanol–water partition coefficient (Wildman–Crippen LogP) is 9.83. The van der Waals surface area contributed by atoms with Crippen LogP contribution in [-0.4, -0.2) is 5.78 Å². The first-order chi connectivity index (χ1) is 17.5. The number of carbonyl (C=O) groups excluding carboxylic acids is 1. The number of aryl methyl sites for hydroxylation is 1. The Hall–Kier alpha value is -2.15. The van der Waals surface area contributed by atoms with Crippen LogP contribution < -0.4 is 0 Å². The van der Waals surface area contributed by atoms with Crippen LogP contribution >= 0.6 is 0 Å². The van der Waals surface area contributed by atoms with Crippen molar-refractivity contribution in [3.63, 3.8) is 0 Å². The summed E-state index contributed by atoms with van der Waals surface area (Å²) in [4.78, 5) is 12.4. The maximum Gasteiger partial charge on any atom is 0.138 e. The third-order valence-electron chi connectivity index (χ3n) is 8.87. The van der Waals surface area contributed by atoms with E-state index in [1.54, 1.807) is 16.7 Å². The lowest BCUT2D eigenvalue weighted by molar-refractivity contribution is -0.127. The number of fused-ring (bicyclic) bond motifs is 1. The molecule has 0 spiro atoms. The molecule has 0 N–H and O–H groups in total. The van der Waals surface area contributed by atoms with Crippen LogP contribution in [0.5, 0.6) is 0 Å². The van der Waals surface area contributed by atoms with Crippen molar-refractivity contribution in [1.82, 2.24) is 0 Å². The molecule has 0 heterocycles. The first-order valence-corrected chi connectivity index (χ1v) is 14.9. The van der Waals surface area contributed by atoms with E-state index in [0.717, 1.165) is 24.7 Å². The second-order valence-electron chi connectivity index (χ2n) is 11.8. The fourth-order valence-electron chi connectivity index (χ4n) is 6.85. The SMILES string of the molecule is CC.Cc1ccc(C2=CC3C=C(CC4CCC(C(=O)C(C)C)CC4)C=C3C(C3CCCCC3)=C2)cc1. The molecule has 2 fully saturated rings. The van der Waals surface area contributed by atoms with Crippen LogP contribution in [0.3, 0.4) is 0 Å². The van der Waals surface area contributed by atoms with Gasteiger partial charge < -0.3 is 0 Å². The Kier molecular flexibility index (Phi) is 9.26. The van der Waals surface area contributed by atoms with E-state index in [-0.39, 0.29) is 5.92 Å². The van der Waals surface area contributed by atoms with Gasteiger partial charge in [-0.1, -0.05) is 107 Å². The topological polar surface area (TPSA) is 17.1 Å². The summed E-state index contributed by atoms with van der Waals surface area (Å²) in [5.41, 5.74) is 8.84. The summed E-state index contributed by atoms with van der Waals surface area (Å²) < 4.78 is 0. The number of ketones is 1. The first kappa shape index (κ1) is 26.9. The molecule has 1 aromatic rings. The van der Waals surface area contributed by atoms with E-state index in [9.17, 15) is 4.79 Å². The predicted molar refractivity (Wildman–Crippen MR) is 155 cm³/mol. The van der Waals surface area contributed by atoms with Gasteiger partial charge in [0.25, 0.3) is 0 Å². The molecule has 1 heteroatoms. The molecule has 0 bridgehead atoms. The second-order valence-corrected chi connectivity index (χ2v) is 11.8. The summed E-state index contributed by atoms with van der Waals surface area (Å²) in [6, 6.07) is 9.07. The van der Waals surface area contributed by atoms with E-state index < -0.39 is 0 Å². The number of Topliss-reactive ketones (excluding diaryl/α,β-unsaturated/α-hetero) is 1. The highest BCUT2D eigenvalue weighted by atomic mass is 16.1. The Morgan fingerprint density at radius 1 is 0.833 bits per heavy atom. The Morgan fingerprint density at radius 2 is 1.50 bits per heavy atom. The molecule has 1 nitrogen and oxygen atoms in total. The molecule has 0 aliphatic heterocycles. The average Bonchev–Trinajstić information content (AvgIpc) is 3.32. The number of allylic oxidation sites excluding steroid dienone is 8. The van der Waals surface area contributed by atoms with Gasteiger partial charge in [-0.05, 0) is 86.0 Å². The molecular weight excluding hydrogens is 436 g/mol. The largest absolute Gasteiger partial charge is 0.299 e. The third kappa shape index (κ3) is 6.21. The molecule has 2 saturated carbocycles. The third-order valence-corrected chi connectivity index (χ3v) is 8.87. The Bertz CT molecular complexity index is 1010. The smallest absolute Gasteiger partial charge is 0.138 e. The summed E-state index contributed by atoms with van der Waals surface area (Å²) >= 11 is 0. The minimum absolute atomic E-state index is 0.187. The van der Waals surface area contributed by atoms with Crippen LogP contribution in [0.25, 0.3) is 5.57 Å². The number of hydrogen-bond acceptors (Lipinski definition) is 1. The molecule has 4 aliphatic rings. The second kappa shape index (κ2) is 12.4. The summed E-state index contributed by atoms with van der Waals surface area (Å²) in [6.45, 7) is 10.3. The van der Waals surface area contributed by atoms with Crippen molar-refractivity contribution in [1.29, 1.82) is 0 Å². The van der Waals surface area contributed by atoms with Crippen molar-refractivity contribution in [2.45, 2.75) is 98.8 Å². The van der Waals surface area contributed by atoms with Gasteiger partial charge in [0.05, 0.1) is 0 Å². The lowest BCUT2D eigenvalue weighted by atomic mass is 9.74. The molecule has 4 aliphatic carbocycles. The molecule has 194 valence electrons. The van der Waals surface area contributed by atoms with Gasteiger partial charge in [-0.15, -0.1) is 0 Å². The molecule has 0 saturated heterocycles. The number of benzene rings is 1. The highest BCUT2D eigenvalue weighted by Gasteiger charge is 2.32. The fourth-order valence-corrected chi connectivity index (χ4v) is 6.85. The van der Waals surface area contributed by atoms with Crippen LogP contribution in [0.1, 0.15) is 103 Å². The summed E-state index contributed by atoms with van der Waals surface area (Å²) in [7, 11) is 0. The molecule has 5 rings (SSSR count). The number of carbonyl (C=O) groups is 1. The summed E-state index contributed by atoms with van der Waals surface area (Å²) in [6.07, 6.45) is 22.8. The lowest BCUT2D eigenvalue weighted by Gasteiger charge is -2.30. The van der Waals surface area contributed by atoms with E-state index in [1.165, 1.54) is 68.1 Å². The lowest BCUT2D eigenvalue weighted by Crippen LogP contribution is -2.25. The quantitative estimate of drug-likeness (QED) is 0.392. The van der Waals surface area contributed by atoms with E-state index in [4.69, 9.17) is 0 Å². The van der Waals surface area contributed by atoms with Crippen molar-refractivity contribution in [2.75, 3.05) is 0 Å². The maximum atomic E-state index is 12.4. The average molecular weight is 485 g/mol. The van der Waals surface area contributed by atoms with Crippen molar-refractivity contribution in [3.05, 3.63) is 76.4 Å². The Morgan fingerprint density at radius 3 is 2.14 bits per heavy atom.